The van der Waals surface area contributed by atoms with E-state index in [1.807, 2.05) is 0 Å². The second-order valence-electron chi connectivity index (χ2n) is 3.74. The lowest BCUT2D eigenvalue weighted by molar-refractivity contribution is 0.149. The van der Waals surface area contributed by atoms with Gasteiger partial charge in [-0.1, -0.05) is 11.6 Å². The van der Waals surface area contributed by atoms with Gasteiger partial charge in [-0.25, -0.2) is 8.78 Å². The predicted octanol–water partition coefficient (Wildman–Crippen LogP) is 2.75. The maximum Gasteiger partial charge on any atom is 0.192 e. The topological polar surface area (TPSA) is 21.3 Å². The maximum atomic E-state index is 13.5. The monoisotopic (exact) mass is 247 g/mol. The van der Waals surface area contributed by atoms with Gasteiger partial charge in [0.25, 0.3) is 0 Å². The summed E-state index contributed by atoms with van der Waals surface area (Å²) in [6.07, 6.45) is 1.33. The van der Waals surface area contributed by atoms with Crippen molar-refractivity contribution in [3.8, 4) is 5.75 Å². The van der Waals surface area contributed by atoms with Crippen molar-refractivity contribution in [3.63, 3.8) is 0 Å². The minimum atomic E-state index is -0.819. The van der Waals surface area contributed by atoms with Crippen LogP contribution in [-0.4, -0.2) is 19.2 Å². The van der Waals surface area contributed by atoms with Crippen molar-refractivity contribution in [1.29, 1.82) is 0 Å². The fraction of sp³-hybridized carbons (Fsp3) is 0.455. The molecule has 1 aromatic carbocycles. The molecule has 2 nitrogen and oxygen atoms in total. The van der Waals surface area contributed by atoms with Gasteiger partial charge in [0.05, 0.1) is 5.02 Å². The molecular formula is C11H12ClF2NO. The Morgan fingerprint density at radius 2 is 1.94 bits per heavy atom. The molecule has 0 radical (unpaired) electrons. The van der Waals surface area contributed by atoms with Crippen molar-refractivity contribution in [3.05, 3.63) is 28.8 Å². The van der Waals surface area contributed by atoms with Crippen LogP contribution < -0.4 is 10.1 Å². The van der Waals surface area contributed by atoms with Crippen LogP contribution in [0.15, 0.2) is 12.1 Å². The molecule has 0 unspecified atom stereocenters. The Kier molecular flexibility index (Phi) is 3.61. The van der Waals surface area contributed by atoms with Crippen molar-refractivity contribution < 1.29 is 13.5 Å². The average Bonchev–Trinajstić information content (AvgIpc) is 2.31. The van der Waals surface area contributed by atoms with Gasteiger partial charge in [-0.2, -0.15) is 0 Å². The Morgan fingerprint density at radius 3 is 2.62 bits per heavy atom. The number of hydrogen-bond donors (Lipinski definition) is 1. The van der Waals surface area contributed by atoms with E-state index in [0.717, 1.165) is 32.0 Å². The lowest BCUT2D eigenvalue weighted by Gasteiger charge is -2.24. The van der Waals surface area contributed by atoms with Crippen molar-refractivity contribution in [2.24, 2.45) is 0 Å². The van der Waals surface area contributed by atoms with Gasteiger partial charge in [-0.3, -0.25) is 0 Å². The molecule has 2 rings (SSSR count). The zero-order chi connectivity index (χ0) is 11.5. The molecule has 1 N–H and O–H groups in total. The molecular weight excluding hydrogens is 236 g/mol. The Balaban J connectivity index is 2.16. The van der Waals surface area contributed by atoms with Gasteiger partial charge in [0, 0.05) is 0 Å². The zero-order valence-corrected chi connectivity index (χ0v) is 9.36. The summed E-state index contributed by atoms with van der Waals surface area (Å²) in [5, 5.41) is 3.03. The van der Waals surface area contributed by atoms with Crippen molar-refractivity contribution >= 4 is 11.6 Å². The molecule has 1 aliphatic heterocycles. The smallest absolute Gasteiger partial charge is 0.192 e. The number of nitrogens with one attached hydrogen (secondary N) is 1. The van der Waals surface area contributed by atoms with Crippen molar-refractivity contribution in [1.82, 2.24) is 5.32 Å². The minimum Gasteiger partial charge on any atom is -0.484 e. The highest BCUT2D eigenvalue weighted by molar-refractivity contribution is 6.30. The molecule has 0 aromatic heterocycles. The van der Waals surface area contributed by atoms with Crippen LogP contribution >= 0.6 is 11.6 Å². The lowest BCUT2D eigenvalue weighted by Crippen LogP contribution is -2.34. The van der Waals surface area contributed by atoms with Gasteiger partial charge in [0.2, 0.25) is 0 Å². The second-order valence-corrected chi connectivity index (χ2v) is 4.15. The molecule has 88 valence electrons. The van der Waals surface area contributed by atoms with Crippen LogP contribution in [0.5, 0.6) is 5.75 Å². The molecule has 1 saturated heterocycles. The van der Waals surface area contributed by atoms with Gasteiger partial charge in [0.1, 0.15) is 6.10 Å². The SMILES string of the molecule is Fc1ccc(Cl)c(F)c1OC1CCNCC1. The summed E-state index contributed by atoms with van der Waals surface area (Å²) in [5.41, 5.74) is 0. The number of benzene rings is 1. The third kappa shape index (κ3) is 2.44. The molecule has 0 atom stereocenters. The number of piperidine rings is 1. The summed E-state index contributed by atoms with van der Waals surface area (Å²) in [6, 6.07) is 2.29. The maximum absolute atomic E-state index is 13.5. The Labute approximate surface area is 97.5 Å². The lowest BCUT2D eigenvalue weighted by atomic mass is 10.1. The van der Waals surface area contributed by atoms with E-state index < -0.39 is 11.6 Å². The molecule has 1 aliphatic rings. The van der Waals surface area contributed by atoms with Crippen LogP contribution in [0.4, 0.5) is 8.78 Å². The molecule has 5 heteroatoms. The molecule has 0 spiro atoms. The van der Waals surface area contributed by atoms with E-state index in [0.29, 0.717) is 0 Å². The summed E-state index contributed by atoms with van der Waals surface area (Å²) in [7, 11) is 0. The van der Waals surface area contributed by atoms with E-state index in [2.05, 4.69) is 5.32 Å². The quantitative estimate of drug-likeness (QED) is 0.812. The molecule has 16 heavy (non-hydrogen) atoms. The molecule has 0 aliphatic carbocycles. The number of halogens is 3. The third-order valence-corrected chi connectivity index (χ3v) is 2.86. The Hall–Kier alpha value is -0.870. The molecule has 1 heterocycles. The summed E-state index contributed by atoms with van der Waals surface area (Å²) < 4.78 is 32.2. The standard InChI is InChI=1S/C11H12ClF2NO/c12-8-1-2-9(13)11(10(8)14)16-7-3-5-15-6-4-7/h1-2,7,15H,3-6H2. The summed E-state index contributed by atoms with van der Waals surface area (Å²) in [6.45, 7) is 1.60. The number of ether oxygens (including phenoxy) is 1. The van der Waals surface area contributed by atoms with Crippen molar-refractivity contribution in [2.45, 2.75) is 18.9 Å². The Bertz CT molecular complexity index is 380. The van der Waals surface area contributed by atoms with Gasteiger partial charge >= 0.3 is 0 Å². The summed E-state index contributed by atoms with van der Waals surface area (Å²) >= 11 is 5.57. The number of rotatable bonds is 2. The van der Waals surface area contributed by atoms with Crippen LogP contribution in [-0.2, 0) is 0 Å². The fourth-order valence-electron chi connectivity index (χ4n) is 1.70. The summed E-state index contributed by atoms with van der Waals surface area (Å²) in [4.78, 5) is 0. The Morgan fingerprint density at radius 1 is 1.25 bits per heavy atom. The highest BCUT2D eigenvalue weighted by Crippen LogP contribution is 2.29. The molecule has 1 aromatic rings. The highest BCUT2D eigenvalue weighted by atomic mass is 35.5. The second kappa shape index (κ2) is 4.97. The fourth-order valence-corrected chi connectivity index (χ4v) is 1.85. The van der Waals surface area contributed by atoms with E-state index in [1.54, 1.807) is 0 Å². The first-order valence-corrected chi connectivity index (χ1v) is 5.57. The molecule has 0 amide bonds. The first-order chi connectivity index (χ1) is 7.68. The van der Waals surface area contributed by atoms with Crippen LogP contribution in [0.2, 0.25) is 5.02 Å². The number of hydrogen-bond acceptors (Lipinski definition) is 2. The van der Waals surface area contributed by atoms with Crippen LogP contribution in [0.1, 0.15) is 12.8 Å². The van der Waals surface area contributed by atoms with Crippen molar-refractivity contribution in [2.75, 3.05) is 13.1 Å². The van der Waals surface area contributed by atoms with E-state index in [4.69, 9.17) is 16.3 Å². The van der Waals surface area contributed by atoms with Gasteiger partial charge < -0.3 is 10.1 Å². The minimum absolute atomic E-state index is 0.120. The van der Waals surface area contributed by atoms with E-state index in [1.165, 1.54) is 6.07 Å². The first-order valence-electron chi connectivity index (χ1n) is 5.19. The average molecular weight is 248 g/mol. The predicted molar refractivity (Wildman–Crippen MR) is 57.9 cm³/mol. The molecule has 1 fully saturated rings. The van der Waals surface area contributed by atoms with Gasteiger partial charge in [0.15, 0.2) is 17.4 Å². The highest BCUT2D eigenvalue weighted by Gasteiger charge is 2.20. The van der Waals surface area contributed by atoms with E-state index >= 15 is 0 Å². The van der Waals surface area contributed by atoms with Crippen LogP contribution in [0, 0.1) is 11.6 Å². The molecule has 0 bridgehead atoms. The zero-order valence-electron chi connectivity index (χ0n) is 8.60. The van der Waals surface area contributed by atoms with Crippen LogP contribution in [0.25, 0.3) is 0 Å². The largest absolute Gasteiger partial charge is 0.484 e. The molecule has 0 saturated carbocycles. The normalized spacial score (nSPS) is 17.4. The van der Waals surface area contributed by atoms with Gasteiger partial charge in [-0.05, 0) is 38.1 Å². The summed E-state index contributed by atoms with van der Waals surface area (Å²) in [5.74, 6) is -1.89. The third-order valence-electron chi connectivity index (χ3n) is 2.57. The first kappa shape index (κ1) is 11.6. The van der Waals surface area contributed by atoms with E-state index in [9.17, 15) is 8.78 Å². The van der Waals surface area contributed by atoms with E-state index in [-0.39, 0.29) is 16.9 Å². The van der Waals surface area contributed by atoms with Gasteiger partial charge in [-0.15, -0.1) is 0 Å². The van der Waals surface area contributed by atoms with Crippen LogP contribution in [0.3, 0.4) is 0 Å².